The van der Waals surface area contributed by atoms with Crippen molar-refractivity contribution in [2.75, 3.05) is 6.61 Å². The molecule has 0 atom stereocenters. The first-order valence-corrected chi connectivity index (χ1v) is 5.01. The Kier molecular flexibility index (Phi) is 21.8. The van der Waals surface area contributed by atoms with Crippen LogP contribution in [0.2, 0.25) is 0 Å². The van der Waals surface area contributed by atoms with Crippen LogP contribution in [0.1, 0.15) is 19.8 Å². The van der Waals surface area contributed by atoms with Gasteiger partial charge >= 0.3 is 26.2 Å². The minimum atomic E-state index is -2.33. The van der Waals surface area contributed by atoms with Crippen LogP contribution in [0.15, 0.2) is 0 Å². The molecule has 0 amide bonds. The van der Waals surface area contributed by atoms with Gasteiger partial charge < -0.3 is 5.11 Å². The van der Waals surface area contributed by atoms with E-state index in [1.54, 1.807) is 0 Å². The van der Waals surface area contributed by atoms with E-state index in [-0.39, 0.29) is 0 Å². The summed E-state index contributed by atoms with van der Waals surface area (Å²) in [5.74, 6) is 0. The van der Waals surface area contributed by atoms with Gasteiger partial charge in [0.25, 0.3) is 0 Å². The third-order valence-corrected chi connectivity index (χ3v) is 0.512. The van der Waals surface area contributed by atoms with Crippen molar-refractivity contribution < 1.29 is 31.3 Å². The first-order chi connectivity index (χ1) is 3.83. The van der Waals surface area contributed by atoms with Crippen molar-refractivity contribution in [1.29, 1.82) is 0 Å². The van der Waals surface area contributed by atoms with Crippen LogP contribution in [-0.2, 0) is 26.2 Å². The summed E-state index contributed by atoms with van der Waals surface area (Å²) in [4.78, 5) is 0. The van der Waals surface area contributed by atoms with Crippen molar-refractivity contribution in [3.05, 3.63) is 0 Å². The van der Waals surface area contributed by atoms with Gasteiger partial charge in [-0.15, -0.1) is 0 Å². The number of rotatable bonds is 2. The number of aliphatic hydroxyl groups is 1. The molecule has 0 aromatic rings. The second-order valence-electron chi connectivity index (χ2n) is 1.15. The molecule has 0 aliphatic carbocycles. The molecule has 0 aromatic carbocycles. The van der Waals surface area contributed by atoms with Crippen LogP contribution in [0, 0.1) is 0 Å². The molecule has 0 rings (SSSR count). The van der Waals surface area contributed by atoms with E-state index in [1.165, 1.54) is 0 Å². The molecule has 4 heteroatoms. The Balaban J connectivity index is 0. The number of hydrogen-bond acceptors (Lipinski definition) is 3. The third-order valence-electron chi connectivity index (χ3n) is 0.512. The van der Waals surface area contributed by atoms with E-state index in [2.05, 4.69) is 6.92 Å². The fourth-order valence-electron chi connectivity index (χ4n) is 0.158. The number of aliphatic hydroxyl groups excluding tert-OH is 1. The topological polar surface area (TPSA) is 54.4 Å². The predicted molar refractivity (Wildman–Crippen MR) is 23.4 cm³/mol. The zero-order valence-electron chi connectivity index (χ0n) is 4.83. The molecule has 49 valence electrons. The van der Waals surface area contributed by atoms with Gasteiger partial charge in [-0.05, 0) is 6.42 Å². The average molecular weight is 287 g/mol. The van der Waals surface area contributed by atoms with Crippen molar-refractivity contribution in [3.8, 4) is 0 Å². The zero-order valence-corrected chi connectivity index (χ0v) is 8.05. The van der Waals surface area contributed by atoms with Crippen LogP contribution in [0.25, 0.3) is 0 Å². The molecular weight excluding hydrogens is 277 g/mol. The van der Waals surface area contributed by atoms with Gasteiger partial charge in [-0.1, -0.05) is 13.3 Å². The average Bonchev–Trinajstić information content (AvgIpc) is 1.71. The minimum absolute atomic E-state index is 0.344. The molecule has 0 saturated heterocycles. The van der Waals surface area contributed by atoms with Gasteiger partial charge in [-0.3, -0.25) is 0 Å². The summed E-state index contributed by atoms with van der Waals surface area (Å²) in [6.45, 7) is 2.40. The van der Waals surface area contributed by atoms with Crippen LogP contribution >= 0.6 is 0 Å². The van der Waals surface area contributed by atoms with E-state index in [0.717, 1.165) is 12.8 Å². The molecule has 8 heavy (non-hydrogen) atoms. The molecule has 0 aliphatic heterocycles. The van der Waals surface area contributed by atoms with Crippen molar-refractivity contribution in [2.24, 2.45) is 0 Å². The van der Waals surface area contributed by atoms with E-state index in [1.807, 2.05) is 0 Å². The van der Waals surface area contributed by atoms with E-state index >= 15 is 0 Å². The predicted octanol–water partition coefficient (Wildman–Crippen LogP) is 0.539. The van der Waals surface area contributed by atoms with Gasteiger partial charge in [-0.25, -0.2) is 0 Å². The Hall–Kier alpha value is 0.300. The molecule has 0 heterocycles. The Morgan fingerprint density at radius 1 is 1.50 bits per heavy atom. The standard InChI is InChI=1S/C4H10O.2O.Ta/c1-2-3-4-5;;;/h5H,2-4H2,1H3;;;. The summed E-state index contributed by atoms with van der Waals surface area (Å²) in [6, 6.07) is 0. The fraction of sp³-hybridized carbons (Fsp3) is 1.00. The van der Waals surface area contributed by atoms with Crippen LogP contribution in [-0.4, -0.2) is 11.7 Å². The van der Waals surface area contributed by atoms with Crippen molar-refractivity contribution in [3.63, 3.8) is 0 Å². The first-order valence-electron chi connectivity index (χ1n) is 2.39. The number of unbranched alkanes of at least 4 members (excludes halogenated alkanes) is 1. The maximum atomic E-state index is 8.56. The van der Waals surface area contributed by atoms with Gasteiger partial charge in [-0.2, -0.15) is 0 Å². The van der Waals surface area contributed by atoms with Crippen LogP contribution < -0.4 is 0 Å². The van der Waals surface area contributed by atoms with Crippen molar-refractivity contribution >= 4 is 0 Å². The Morgan fingerprint density at radius 2 is 1.88 bits per heavy atom. The zero-order chi connectivity index (χ0) is 6.83. The summed E-state index contributed by atoms with van der Waals surface area (Å²) in [5, 5.41) is 8.07. The second kappa shape index (κ2) is 15.7. The Bertz CT molecular complexity index is 56.3. The van der Waals surface area contributed by atoms with Crippen LogP contribution in [0.3, 0.4) is 0 Å². The normalized spacial score (nSPS) is 6.25. The molecule has 0 bridgehead atoms. The maximum absolute atomic E-state index is 8.56. The van der Waals surface area contributed by atoms with Crippen molar-refractivity contribution in [2.45, 2.75) is 19.8 Å². The third kappa shape index (κ3) is 33.5. The van der Waals surface area contributed by atoms with Crippen LogP contribution in [0.5, 0.6) is 0 Å². The number of hydrogen-bond donors (Lipinski definition) is 1. The second-order valence-corrected chi connectivity index (χ2v) is 1.69. The monoisotopic (exact) mass is 287 g/mol. The van der Waals surface area contributed by atoms with Crippen LogP contribution in [0.4, 0.5) is 0 Å². The van der Waals surface area contributed by atoms with E-state index in [0.29, 0.717) is 6.61 Å². The SMILES string of the molecule is CCCCO.[O]=[Ta]=[O]. The molecule has 3 nitrogen and oxygen atoms in total. The summed E-state index contributed by atoms with van der Waals surface area (Å²) < 4.78 is 17.1. The van der Waals surface area contributed by atoms with Gasteiger partial charge in [0, 0.05) is 6.61 Å². The van der Waals surface area contributed by atoms with Gasteiger partial charge in [0.2, 0.25) is 0 Å². The summed E-state index contributed by atoms with van der Waals surface area (Å²) in [6.07, 6.45) is 2.04. The molecule has 0 unspecified atom stereocenters. The van der Waals surface area contributed by atoms with E-state index in [9.17, 15) is 0 Å². The molecule has 0 aliphatic rings. The van der Waals surface area contributed by atoms with Gasteiger partial charge in [0.05, 0.1) is 0 Å². The molecule has 0 fully saturated rings. The molecule has 0 spiro atoms. The Morgan fingerprint density at radius 3 is 1.88 bits per heavy atom. The fourth-order valence-corrected chi connectivity index (χ4v) is 0.158. The molecule has 0 saturated carbocycles. The van der Waals surface area contributed by atoms with Gasteiger partial charge in [0.15, 0.2) is 0 Å². The first kappa shape index (κ1) is 11.1. The Labute approximate surface area is 58.1 Å². The van der Waals surface area contributed by atoms with E-state index in [4.69, 9.17) is 11.6 Å². The summed E-state index contributed by atoms with van der Waals surface area (Å²) in [7, 11) is 0. The summed E-state index contributed by atoms with van der Waals surface area (Å²) >= 11 is -2.33. The molecule has 0 radical (unpaired) electrons. The van der Waals surface area contributed by atoms with Crippen molar-refractivity contribution in [1.82, 2.24) is 0 Å². The molecule has 0 aromatic heterocycles. The molecular formula is C4H10O3Ta. The van der Waals surface area contributed by atoms with Gasteiger partial charge in [0.1, 0.15) is 0 Å². The summed E-state index contributed by atoms with van der Waals surface area (Å²) in [5.41, 5.74) is 0. The quantitative estimate of drug-likeness (QED) is 0.806. The van der Waals surface area contributed by atoms with E-state index < -0.39 is 19.7 Å². The molecule has 1 N–H and O–H groups in total.